The number of likely N-dealkylation sites (tertiary alicyclic amines) is 2. The SMILES string of the molecule is O=C1NC2(CCC(=O)N(CC(=O)N3CCCC(CO)C3)CC2)Oc2ccccc21. The van der Waals surface area contributed by atoms with Crippen molar-refractivity contribution in [1.29, 1.82) is 0 Å². The van der Waals surface area contributed by atoms with Gasteiger partial charge in [-0.3, -0.25) is 14.4 Å². The van der Waals surface area contributed by atoms with Gasteiger partial charge in [0.15, 0.2) is 5.72 Å². The van der Waals surface area contributed by atoms with Crippen LogP contribution in [0.4, 0.5) is 0 Å². The third kappa shape index (κ3) is 4.07. The van der Waals surface area contributed by atoms with Gasteiger partial charge in [-0.25, -0.2) is 0 Å². The summed E-state index contributed by atoms with van der Waals surface area (Å²) in [5.74, 6) is 0.236. The van der Waals surface area contributed by atoms with Crippen LogP contribution >= 0.6 is 0 Å². The molecule has 2 fully saturated rings. The second kappa shape index (κ2) is 8.02. The minimum Gasteiger partial charge on any atom is -0.467 e. The van der Waals surface area contributed by atoms with E-state index in [1.165, 1.54) is 0 Å². The minimum atomic E-state index is -0.925. The second-order valence-corrected chi connectivity index (χ2v) is 8.14. The average Bonchev–Trinajstić information content (AvgIpc) is 2.88. The lowest BCUT2D eigenvalue weighted by atomic mass is 9.99. The number of nitrogens with zero attached hydrogens (tertiary/aromatic N) is 2. The maximum absolute atomic E-state index is 12.7. The van der Waals surface area contributed by atoms with E-state index in [0.29, 0.717) is 43.8 Å². The molecular weight excluding hydrogens is 374 g/mol. The molecule has 0 saturated carbocycles. The number of nitrogens with one attached hydrogen (secondary N) is 1. The predicted molar refractivity (Wildman–Crippen MR) is 104 cm³/mol. The first kappa shape index (κ1) is 19.7. The molecule has 0 aromatic heterocycles. The van der Waals surface area contributed by atoms with Crippen LogP contribution in [0, 0.1) is 5.92 Å². The summed E-state index contributed by atoms with van der Waals surface area (Å²) in [6.45, 7) is 1.64. The molecule has 2 saturated heterocycles. The van der Waals surface area contributed by atoms with Gasteiger partial charge in [0.2, 0.25) is 11.8 Å². The Kier molecular flexibility index (Phi) is 5.45. The molecule has 3 aliphatic heterocycles. The fourth-order valence-corrected chi connectivity index (χ4v) is 4.38. The van der Waals surface area contributed by atoms with Gasteiger partial charge in [-0.15, -0.1) is 0 Å². The van der Waals surface area contributed by atoms with Gasteiger partial charge in [0, 0.05) is 45.5 Å². The summed E-state index contributed by atoms with van der Waals surface area (Å²) in [6.07, 6.45) is 2.78. The van der Waals surface area contributed by atoms with E-state index in [4.69, 9.17) is 4.74 Å². The van der Waals surface area contributed by atoms with Crippen LogP contribution in [0.5, 0.6) is 5.75 Å². The molecule has 2 unspecified atom stereocenters. The number of rotatable bonds is 3. The van der Waals surface area contributed by atoms with E-state index >= 15 is 0 Å². The van der Waals surface area contributed by atoms with Crippen LogP contribution < -0.4 is 10.1 Å². The first-order valence-corrected chi connectivity index (χ1v) is 10.3. The van der Waals surface area contributed by atoms with Crippen molar-refractivity contribution in [2.75, 3.05) is 32.8 Å². The number of para-hydroxylation sites is 1. The number of carbonyl (C=O) groups excluding carboxylic acids is 3. The fraction of sp³-hybridized carbons (Fsp3) is 0.571. The molecule has 3 aliphatic rings. The van der Waals surface area contributed by atoms with Crippen molar-refractivity contribution in [2.45, 2.75) is 37.8 Å². The molecule has 3 amide bonds. The number of hydrogen-bond acceptors (Lipinski definition) is 5. The van der Waals surface area contributed by atoms with Gasteiger partial charge in [-0.2, -0.15) is 0 Å². The van der Waals surface area contributed by atoms with Crippen molar-refractivity contribution in [1.82, 2.24) is 15.1 Å². The van der Waals surface area contributed by atoms with Gasteiger partial charge < -0.3 is 25.0 Å². The van der Waals surface area contributed by atoms with Crippen LogP contribution in [0.25, 0.3) is 0 Å². The number of aliphatic hydroxyl groups excluding tert-OH is 1. The molecular formula is C21H27N3O5. The van der Waals surface area contributed by atoms with E-state index in [9.17, 15) is 19.5 Å². The Morgan fingerprint density at radius 2 is 2.07 bits per heavy atom. The Labute approximate surface area is 169 Å². The van der Waals surface area contributed by atoms with E-state index in [1.54, 1.807) is 28.0 Å². The zero-order valence-electron chi connectivity index (χ0n) is 16.4. The highest BCUT2D eigenvalue weighted by atomic mass is 16.5. The number of benzene rings is 1. The number of ether oxygens (including phenoxy) is 1. The summed E-state index contributed by atoms with van der Waals surface area (Å²) in [4.78, 5) is 41.2. The molecule has 1 spiro atoms. The monoisotopic (exact) mass is 401 g/mol. The Balaban J connectivity index is 1.42. The van der Waals surface area contributed by atoms with Gasteiger partial charge in [0.1, 0.15) is 5.75 Å². The van der Waals surface area contributed by atoms with E-state index < -0.39 is 5.72 Å². The zero-order valence-corrected chi connectivity index (χ0v) is 16.4. The van der Waals surface area contributed by atoms with Crippen LogP contribution in [-0.2, 0) is 9.59 Å². The summed E-state index contributed by atoms with van der Waals surface area (Å²) in [5, 5.41) is 12.3. The largest absolute Gasteiger partial charge is 0.467 e. The van der Waals surface area contributed by atoms with Crippen molar-refractivity contribution < 1.29 is 24.2 Å². The molecule has 4 rings (SSSR count). The number of fused-ring (bicyclic) bond motifs is 1. The average molecular weight is 401 g/mol. The minimum absolute atomic E-state index is 0.0254. The van der Waals surface area contributed by atoms with Crippen LogP contribution in [0.2, 0.25) is 0 Å². The van der Waals surface area contributed by atoms with Gasteiger partial charge in [-0.05, 0) is 30.9 Å². The highest BCUT2D eigenvalue weighted by molar-refractivity contribution is 5.98. The van der Waals surface area contributed by atoms with Crippen LogP contribution in [0.3, 0.4) is 0 Å². The predicted octanol–water partition coefficient (Wildman–Crippen LogP) is 0.748. The lowest BCUT2D eigenvalue weighted by molar-refractivity contribution is -0.141. The molecule has 29 heavy (non-hydrogen) atoms. The van der Waals surface area contributed by atoms with Gasteiger partial charge >= 0.3 is 0 Å². The summed E-state index contributed by atoms with van der Waals surface area (Å²) in [5.41, 5.74) is -0.435. The van der Waals surface area contributed by atoms with Gasteiger partial charge in [0.25, 0.3) is 5.91 Å². The third-order valence-electron chi connectivity index (χ3n) is 6.12. The number of aliphatic hydroxyl groups is 1. The highest BCUT2D eigenvalue weighted by Gasteiger charge is 2.43. The normalized spacial score (nSPS) is 27.1. The number of hydrogen-bond donors (Lipinski definition) is 2. The molecule has 2 N–H and O–H groups in total. The quantitative estimate of drug-likeness (QED) is 0.779. The third-order valence-corrected chi connectivity index (χ3v) is 6.12. The Morgan fingerprint density at radius 1 is 1.24 bits per heavy atom. The van der Waals surface area contributed by atoms with Crippen molar-refractivity contribution in [2.24, 2.45) is 5.92 Å². The summed E-state index contributed by atoms with van der Waals surface area (Å²) in [6, 6.07) is 7.07. The molecule has 1 aromatic rings. The van der Waals surface area contributed by atoms with E-state index in [2.05, 4.69) is 5.32 Å². The number of amides is 3. The fourth-order valence-electron chi connectivity index (χ4n) is 4.38. The summed E-state index contributed by atoms with van der Waals surface area (Å²) in [7, 11) is 0. The second-order valence-electron chi connectivity index (χ2n) is 8.14. The topological polar surface area (TPSA) is 99.2 Å². The summed E-state index contributed by atoms with van der Waals surface area (Å²) >= 11 is 0. The molecule has 8 heteroatoms. The Bertz CT molecular complexity index is 813. The van der Waals surface area contributed by atoms with Crippen molar-refractivity contribution >= 4 is 17.7 Å². The van der Waals surface area contributed by atoms with E-state index in [0.717, 1.165) is 12.8 Å². The van der Waals surface area contributed by atoms with Crippen molar-refractivity contribution in [3.8, 4) is 5.75 Å². The molecule has 3 heterocycles. The lowest BCUT2D eigenvalue weighted by Crippen LogP contribution is -2.56. The van der Waals surface area contributed by atoms with Crippen LogP contribution in [0.15, 0.2) is 24.3 Å². The summed E-state index contributed by atoms with van der Waals surface area (Å²) < 4.78 is 6.12. The van der Waals surface area contributed by atoms with E-state index in [-0.39, 0.29) is 43.2 Å². The van der Waals surface area contributed by atoms with Crippen molar-refractivity contribution in [3.63, 3.8) is 0 Å². The molecule has 0 bridgehead atoms. The standard InChI is InChI=1S/C21H27N3O5/c25-14-15-4-3-10-23(12-15)19(27)13-24-11-9-21(8-7-18(24)26)22-20(28)16-5-1-2-6-17(16)29-21/h1-2,5-6,15,25H,3-4,7-14H2,(H,22,28). The van der Waals surface area contributed by atoms with Gasteiger partial charge in [-0.1, -0.05) is 12.1 Å². The first-order chi connectivity index (χ1) is 14.0. The zero-order chi connectivity index (χ0) is 20.4. The number of carbonyl (C=O) groups is 3. The molecule has 156 valence electrons. The van der Waals surface area contributed by atoms with Crippen LogP contribution in [0.1, 0.15) is 42.5 Å². The maximum atomic E-state index is 12.7. The molecule has 0 aliphatic carbocycles. The Morgan fingerprint density at radius 3 is 2.90 bits per heavy atom. The maximum Gasteiger partial charge on any atom is 0.258 e. The van der Waals surface area contributed by atoms with Gasteiger partial charge in [0.05, 0.1) is 12.1 Å². The van der Waals surface area contributed by atoms with Crippen LogP contribution in [-0.4, -0.2) is 71.1 Å². The van der Waals surface area contributed by atoms with Crippen molar-refractivity contribution in [3.05, 3.63) is 29.8 Å². The van der Waals surface area contributed by atoms with E-state index in [1.807, 2.05) is 6.07 Å². The molecule has 2 atom stereocenters. The number of piperidine rings is 1. The molecule has 0 radical (unpaired) electrons. The smallest absolute Gasteiger partial charge is 0.258 e. The first-order valence-electron chi connectivity index (χ1n) is 10.3. The molecule has 1 aromatic carbocycles. The molecule has 8 nitrogen and oxygen atoms in total. The Hall–Kier alpha value is -2.61. The lowest BCUT2D eigenvalue weighted by Gasteiger charge is -2.38. The highest BCUT2D eigenvalue weighted by Crippen LogP contribution is 2.33.